The van der Waals surface area contributed by atoms with E-state index in [4.69, 9.17) is 0 Å². The van der Waals surface area contributed by atoms with Crippen LogP contribution in [0.3, 0.4) is 0 Å². The zero-order valence-electron chi connectivity index (χ0n) is 29.8. The van der Waals surface area contributed by atoms with Crippen molar-refractivity contribution in [1.29, 1.82) is 0 Å². The van der Waals surface area contributed by atoms with Crippen molar-refractivity contribution in [1.82, 2.24) is 9.80 Å². The summed E-state index contributed by atoms with van der Waals surface area (Å²) in [4.78, 5) is 5.29. The maximum absolute atomic E-state index is 2.67. The molecule has 1 atom stereocenters. The Hall–Kier alpha value is -0.660. The molecule has 1 unspecified atom stereocenters. The summed E-state index contributed by atoms with van der Waals surface area (Å²) in [7, 11) is 0. The lowest BCUT2D eigenvalue weighted by Gasteiger charge is -2.35. The molecule has 0 N–H and O–H groups in total. The molecule has 0 aromatic rings. The lowest BCUT2D eigenvalue weighted by atomic mass is 10.0. The van der Waals surface area contributed by atoms with Gasteiger partial charge in [0.15, 0.2) is 0 Å². The molecule has 1 heterocycles. The van der Waals surface area contributed by atoms with Crippen molar-refractivity contribution < 1.29 is 0 Å². The predicted octanol–water partition coefficient (Wildman–Crippen LogP) is 13.9. The molecule has 0 aliphatic carbocycles. The Kier molecular flexibility index (Phi) is 28.5. The van der Waals surface area contributed by atoms with Gasteiger partial charge in [-0.3, -0.25) is 0 Å². The van der Waals surface area contributed by atoms with Crippen LogP contribution in [0.15, 0.2) is 12.4 Å². The molecule has 0 aromatic heterocycles. The summed E-state index contributed by atoms with van der Waals surface area (Å²) >= 11 is 0. The molecule has 0 saturated carbocycles. The van der Waals surface area contributed by atoms with E-state index in [1.54, 1.807) is 0 Å². The SMILES string of the molecule is CCCCCCCCCCCCCCCCCC1N(CCCCCCCCCCCCCCCCC)C=CN1C(C)C. The molecule has 0 amide bonds. The van der Waals surface area contributed by atoms with Gasteiger partial charge in [-0.1, -0.05) is 194 Å². The first-order valence-electron chi connectivity index (χ1n) is 19.9. The third-order valence-corrected chi connectivity index (χ3v) is 9.84. The van der Waals surface area contributed by atoms with Crippen LogP contribution in [-0.4, -0.2) is 28.6 Å². The zero-order chi connectivity index (χ0) is 30.4. The van der Waals surface area contributed by atoms with Crippen molar-refractivity contribution in [2.75, 3.05) is 6.54 Å². The van der Waals surface area contributed by atoms with E-state index >= 15 is 0 Å². The Balaban J connectivity index is 1.98. The lowest BCUT2D eigenvalue weighted by molar-refractivity contribution is 0.114. The van der Waals surface area contributed by atoms with Crippen molar-refractivity contribution in [3.05, 3.63) is 12.4 Å². The van der Waals surface area contributed by atoms with E-state index in [0.717, 1.165) is 0 Å². The minimum Gasteiger partial charge on any atom is -0.356 e. The number of hydrogen-bond donors (Lipinski definition) is 0. The van der Waals surface area contributed by atoms with Crippen LogP contribution >= 0.6 is 0 Å². The van der Waals surface area contributed by atoms with Crippen molar-refractivity contribution in [3.8, 4) is 0 Å². The van der Waals surface area contributed by atoms with Crippen LogP contribution < -0.4 is 0 Å². The normalized spacial score (nSPS) is 15.1. The molecule has 1 rings (SSSR count). The highest BCUT2D eigenvalue weighted by atomic mass is 15.4. The van der Waals surface area contributed by atoms with Crippen LogP contribution in [0.1, 0.15) is 227 Å². The van der Waals surface area contributed by atoms with Crippen LogP contribution in [-0.2, 0) is 0 Å². The zero-order valence-corrected chi connectivity index (χ0v) is 29.8. The van der Waals surface area contributed by atoms with Crippen molar-refractivity contribution in [2.45, 2.75) is 239 Å². The summed E-state index contributed by atoms with van der Waals surface area (Å²) in [6.45, 7) is 10.6. The number of unbranched alkanes of at least 4 members (excludes halogenated alkanes) is 28. The van der Waals surface area contributed by atoms with E-state index in [0.29, 0.717) is 12.2 Å². The van der Waals surface area contributed by atoms with E-state index in [1.807, 2.05) is 0 Å². The summed E-state index contributed by atoms with van der Waals surface area (Å²) in [5.41, 5.74) is 0. The van der Waals surface area contributed by atoms with Gasteiger partial charge in [0.25, 0.3) is 0 Å². The van der Waals surface area contributed by atoms with E-state index in [-0.39, 0.29) is 0 Å². The van der Waals surface area contributed by atoms with Crippen LogP contribution in [0.2, 0.25) is 0 Å². The first-order chi connectivity index (χ1) is 20.7. The molecule has 1 aliphatic heterocycles. The maximum atomic E-state index is 2.67. The molecule has 1 aliphatic rings. The molecular formula is C40H80N2. The predicted molar refractivity (Wildman–Crippen MR) is 191 cm³/mol. The van der Waals surface area contributed by atoms with Crippen molar-refractivity contribution in [2.24, 2.45) is 0 Å². The van der Waals surface area contributed by atoms with Gasteiger partial charge >= 0.3 is 0 Å². The second-order valence-electron chi connectivity index (χ2n) is 14.2. The molecular weight excluding hydrogens is 508 g/mol. The van der Waals surface area contributed by atoms with Crippen LogP contribution in [0.5, 0.6) is 0 Å². The highest BCUT2D eigenvalue weighted by Crippen LogP contribution is 2.25. The molecule has 2 heteroatoms. The summed E-state index contributed by atoms with van der Waals surface area (Å²) in [5, 5.41) is 0. The standard InChI is InChI=1S/C40H80N2/c1-5-7-9-11-13-15-17-19-21-23-25-27-29-31-33-35-40-41(37-38-42(40)39(3)4)36-34-32-30-28-26-24-22-20-18-16-14-12-10-8-6-2/h37-40H,5-36H2,1-4H3. The molecule has 2 nitrogen and oxygen atoms in total. The third kappa shape index (κ3) is 22.8. The van der Waals surface area contributed by atoms with Gasteiger partial charge in [-0.05, 0) is 33.1 Å². The second-order valence-corrected chi connectivity index (χ2v) is 14.2. The Morgan fingerprint density at radius 2 is 0.714 bits per heavy atom. The van der Waals surface area contributed by atoms with Gasteiger partial charge in [0.05, 0.1) is 0 Å². The summed E-state index contributed by atoms with van der Waals surface area (Å²) < 4.78 is 0. The largest absolute Gasteiger partial charge is 0.356 e. The van der Waals surface area contributed by atoms with Gasteiger partial charge in [0.1, 0.15) is 6.17 Å². The van der Waals surface area contributed by atoms with E-state index in [1.165, 1.54) is 206 Å². The Bertz CT molecular complexity index is 556. The second kappa shape index (κ2) is 30.4. The highest BCUT2D eigenvalue weighted by molar-refractivity contribution is 4.98. The van der Waals surface area contributed by atoms with Gasteiger partial charge in [-0.25, -0.2) is 0 Å². The smallest absolute Gasteiger partial charge is 0.101 e. The van der Waals surface area contributed by atoms with Crippen LogP contribution in [0.4, 0.5) is 0 Å². The highest BCUT2D eigenvalue weighted by Gasteiger charge is 2.26. The van der Waals surface area contributed by atoms with Gasteiger partial charge in [-0.2, -0.15) is 0 Å². The van der Waals surface area contributed by atoms with Crippen molar-refractivity contribution >= 4 is 0 Å². The summed E-state index contributed by atoms with van der Waals surface area (Å²) in [6, 6.07) is 0.605. The van der Waals surface area contributed by atoms with Crippen molar-refractivity contribution in [3.63, 3.8) is 0 Å². The Morgan fingerprint density at radius 1 is 0.405 bits per heavy atom. The topological polar surface area (TPSA) is 6.48 Å². The molecule has 0 fully saturated rings. The lowest BCUT2D eigenvalue weighted by Crippen LogP contribution is -2.42. The molecule has 0 spiro atoms. The molecule has 0 aromatic carbocycles. The first-order valence-corrected chi connectivity index (χ1v) is 19.9. The Morgan fingerprint density at radius 3 is 1.05 bits per heavy atom. The van der Waals surface area contributed by atoms with Crippen LogP contribution in [0, 0.1) is 0 Å². The minimum absolute atomic E-state index is 0.605. The fraction of sp³-hybridized carbons (Fsp3) is 0.950. The maximum Gasteiger partial charge on any atom is 0.101 e. The van der Waals surface area contributed by atoms with Gasteiger partial charge < -0.3 is 9.80 Å². The number of hydrogen-bond acceptors (Lipinski definition) is 2. The summed E-state index contributed by atoms with van der Waals surface area (Å²) in [6.07, 6.45) is 50.2. The van der Waals surface area contributed by atoms with Gasteiger partial charge in [-0.15, -0.1) is 0 Å². The fourth-order valence-electron chi connectivity index (χ4n) is 6.95. The first kappa shape index (κ1) is 39.4. The Labute approximate surface area is 267 Å². The molecule has 0 bridgehead atoms. The van der Waals surface area contributed by atoms with Gasteiger partial charge in [0, 0.05) is 25.0 Å². The molecule has 42 heavy (non-hydrogen) atoms. The molecule has 250 valence electrons. The average Bonchev–Trinajstić information content (AvgIpc) is 3.40. The van der Waals surface area contributed by atoms with Crippen LogP contribution in [0.25, 0.3) is 0 Å². The van der Waals surface area contributed by atoms with E-state index in [9.17, 15) is 0 Å². The van der Waals surface area contributed by atoms with Gasteiger partial charge in [0.2, 0.25) is 0 Å². The van der Waals surface area contributed by atoms with E-state index < -0.39 is 0 Å². The third-order valence-electron chi connectivity index (χ3n) is 9.84. The quantitative estimate of drug-likeness (QED) is 0.0703. The monoisotopic (exact) mass is 589 g/mol. The minimum atomic E-state index is 0.605. The van der Waals surface area contributed by atoms with E-state index in [2.05, 4.69) is 49.9 Å². The molecule has 0 radical (unpaired) electrons. The number of rotatable bonds is 33. The summed E-state index contributed by atoms with van der Waals surface area (Å²) in [5.74, 6) is 0. The number of nitrogens with zero attached hydrogens (tertiary/aromatic N) is 2. The average molecular weight is 589 g/mol. The fourth-order valence-corrected chi connectivity index (χ4v) is 6.95. The molecule has 0 saturated heterocycles.